The van der Waals surface area contributed by atoms with Gasteiger partial charge in [0.1, 0.15) is 11.4 Å². The Labute approximate surface area is 131 Å². The third-order valence-electron chi connectivity index (χ3n) is 2.97. The zero-order chi connectivity index (χ0) is 14.7. The third-order valence-corrected chi connectivity index (χ3v) is 3.81. The van der Waals surface area contributed by atoms with Crippen molar-refractivity contribution in [1.82, 2.24) is 4.98 Å². The number of hydrogen-bond acceptors (Lipinski definition) is 4. The van der Waals surface area contributed by atoms with Crippen LogP contribution in [0.25, 0.3) is 11.1 Å². The quantitative estimate of drug-likeness (QED) is 0.602. The minimum atomic E-state index is -0.427. The van der Waals surface area contributed by atoms with Crippen molar-refractivity contribution in [2.75, 3.05) is 14.2 Å². The number of halogens is 1. The maximum atomic E-state index is 11.4. The van der Waals surface area contributed by atoms with Gasteiger partial charge in [-0.3, -0.25) is 0 Å². The highest BCUT2D eigenvalue weighted by Crippen LogP contribution is 2.29. The molecule has 104 valence electrons. The molecule has 0 radical (unpaired) electrons. The van der Waals surface area contributed by atoms with Gasteiger partial charge in [0.2, 0.25) is 0 Å². The van der Waals surface area contributed by atoms with Crippen molar-refractivity contribution in [2.45, 2.75) is 6.92 Å². The number of carbonyl (C=O) groups is 1. The van der Waals surface area contributed by atoms with Crippen molar-refractivity contribution >= 4 is 28.6 Å². The van der Waals surface area contributed by atoms with E-state index in [1.165, 1.54) is 7.11 Å². The molecule has 0 aliphatic heterocycles. The van der Waals surface area contributed by atoms with E-state index in [2.05, 4.69) is 32.3 Å². The number of nitrogens with zero attached hydrogens (tertiary/aromatic N) is 1. The molecule has 0 aliphatic carbocycles. The molecule has 1 aromatic heterocycles. The summed E-state index contributed by atoms with van der Waals surface area (Å²) < 4.78 is 10.9. The lowest BCUT2D eigenvalue weighted by atomic mass is 10.0. The van der Waals surface area contributed by atoms with E-state index in [1.54, 1.807) is 19.4 Å². The van der Waals surface area contributed by atoms with Crippen molar-refractivity contribution < 1.29 is 14.3 Å². The van der Waals surface area contributed by atoms with Gasteiger partial charge in [0.15, 0.2) is 0 Å². The van der Waals surface area contributed by atoms with Gasteiger partial charge in [-0.2, -0.15) is 0 Å². The molecule has 5 heteroatoms. The highest BCUT2D eigenvalue weighted by Gasteiger charge is 2.11. The molecule has 1 aromatic carbocycles. The summed E-state index contributed by atoms with van der Waals surface area (Å²) in [6, 6.07) is 7.66. The summed E-state index contributed by atoms with van der Waals surface area (Å²) in [7, 11) is 2.99. The number of methoxy groups -OCH3 is 2. The van der Waals surface area contributed by atoms with E-state index in [1.807, 2.05) is 25.1 Å². The van der Waals surface area contributed by atoms with Crippen LogP contribution in [0.5, 0.6) is 5.75 Å². The number of aryl methyl sites for hydroxylation is 1. The van der Waals surface area contributed by atoms with Crippen molar-refractivity contribution in [3.05, 3.63) is 45.3 Å². The Kier molecular flexibility index (Phi) is 4.59. The summed E-state index contributed by atoms with van der Waals surface area (Å²) in [5.41, 5.74) is 3.31. The van der Waals surface area contributed by atoms with Gasteiger partial charge in [-0.15, -0.1) is 0 Å². The number of aromatic nitrogens is 1. The number of pyridine rings is 1. The van der Waals surface area contributed by atoms with E-state index in [-0.39, 0.29) is 0 Å². The van der Waals surface area contributed by atoms with Gasteiger partial charge in [0, 0.05) is 11.8 Å². The standard InChI is InChI=1S/C15H14INO3/c1-9-6-13(15(18)20-3)17-8-11(9)10-4-5-14(19-2)12(16)7-10/h4-8H,1-3H3. The van der Waals surface area contributed by atoms with Gasteiger partial charge in [-0.05, 0) is 58.8 Å². The zero-order valence-electron chi connectivity index (χ0n) is 11.4. The van der Waals surface area contributed by atoms with Crippen LogP contribution in [0.3, 0.4) is 0 Å². The summed E-state index contributed by atoms with van der Waals surface area (Å²) >= 11 is 2.23. The first-order valence-electron chi connectivity index (χ1n) is 5.95. The Hall–Kier alpha value is -1.63. The van der Waals surface area contributed by atoms with Crippen LogP contribution in [0.2, 0.25) is 0 Å². The lowest BCUT2D eigenvalue weighted by Crippen LogP contribution is -2.04. The summed E-state index contributed by atoms with van der Waals surface area (Å²) in [4.78, 5) is 15.6. The molecule has 0 saturated carbocycles. The molecule has 0 amide bonds. The predicted octanol–water partition coefficient (Wildman–Crippen LogP) is 3.46. The molecule has 20 heavy (non-hydrogen) atoms. The Balaban J connectivity index is 2.43. The third kappa shape index (κ3) is 2.92. The van der Waals surface area contributed by atoms with E-state index in [9.17, 15) is 4.79 Å². The number of esters is 1. The molecule has 2 aromatic rings. The lowest BCUT2D eigenvalue weighted by molar-refractivity contribution is 0.0594. The predicted molar refractivity (Wildman–Crippen MR) is 85.0 cm³/mol. The van der Waals surface area contributed by atoms with Crippen LogP contribution in [-0.2, 0) is 4.74 Å². The fraction of sp³-hybridized carbons (Fsp3) is 0.200. The summed E-state index contributed by atoms with van der Waals surface area (Å²) in [5, 5.41) is 0. The maximum absolute atomic E-state index is 11.4. The minimum absolute atomic E-state index is 0.317. The van der Waals surface area contributed by atoms with Crippen LogP contribution in [-0.4, -0.2) is 25.2 Å². The van der Waals surface area contributed by atoms with Crippen molar-refractivity contribution in [3.63, 3.8) is 0 Å². The Bertz CT molecular complexity index is 656. The molecule has 1 heterocycles. The molecule has 0 fully saturated rings. The van der Waals surface area contributed by atoms with Crippen LogP contribution in [0.15, 0.2) is 30.5 Å². The van der Waals surface area contributed by atoms with E-state index >= 15 is 0 Å². The minimum Gasteiger partial charge on any atom is -0.496 e. The van der Waals surface area contributed by atoms with E-state index in [0.717, 1.165) is 26.0 Å². The summed E-state index contributed by atoms with van der Waals surface area (Å²) in [5.74, 6) is 0.412. The highest BCUT2D eigenvalue weighted by molar-refractivity contribution is 14.1. The second-order valence-electron chi connectivity index (χ2n) is 4.23. The summed E-state index contributed by atoms with van der Waals surface area (Å²) in [6.45, 7) is 1.94. The number of rotatable bonds is 3. The molecular formula is C15H14INO3. The van der Waals surface area contributed by atoms with Gasteiger partial charge in [-0.1, -0.05) is 6.07 Å². The van der Waals surface area contributed by atoms with Gasteiger partial charge in [-0.25, -0.2) is 9.78 Å². The topological polar surface area (TPSA) is 48.4 Å². The monoisotopic (exact) mass is 383 g/mol. The van der Waals surface area contributed by atoms with E-state index in [0.29, 0.717) is 5.69 Å². The molecule has 0 atom stereocenters. The van der Waals surface area contributed by atoms with E-state index < -0.39 is 5.97 Å². The zero-order valence-corrected chi connectivity index (χ0v) is 13.6. The van der Waals surface area contributed by atoms with Crippen molar-refractivity contribution in [1.29, 1.82) is 0 Å². The SMILES string of the molecule is COC(=O)c1cc(C)c(-c2ccc(OC)c(I)c2)cn1. The highest BCUT2D eigenvalue weighted by atomic mass is 127. The fourth-order valence-corrected chi connectivity index (χ4v) is 2.64. The van der Waals surface area contributed by atoms with E-state index in [4.69, 9.17) is 4.74 Å². The van der Waals surface area contributed by atoms with Gasteiger partial charge in [0.05, 0.1) is 17.8 Å². The molecule has 0 bridgehead atoms. The van der Waals surface area contributed by atoms with Crippen LogP contribution < -0.4 is 4.74 Å². The Morgan fingerprint density at radius 1 is 1.25 bits per heavy atom. The molecule has 0 spiro atoms. The lowest BCUT2D eigenvalue weighted by Gasteiger charge is -2.09. The van der Waals surface area contributed by atoms with Crippen LogP contribution >= 0.6 is 22.6 Å². The molecule has 2 rings (SSSR count). The Morgan fingerprint density at radius 3 is 2.55 bits per heavy atom. The normalized spacial score (nSPS) is 10.2. The van der Waals surface area contributed by atoms with Crippen molar-refractivity contribution in [3.8, 4) is 16.9 Å². The van der Waals surface area contributed by atoms with Gasteiger partial charge in [0.25, 0.3) is 0 Å². The van der Waals surface area contributed by atoms with Gasteiger partial charge >= 0.3 is 5.97 Å². The Morgan fingerprint density at radius 2 is 2.00 bits per heavy atom. The van der Waals surface area contributed by atoms with Crippen LogP contribution in [0.4, 0.5) is 0 Å². The summed E-state index contributed by atoms with van der Waals surface area (Å²) in [6.07, 6.45) is 1.69. The van der Waals surface area contributed by atoms with Crippen molar-refractivity contribution in [2.24, 2.45) is 0 Å². The molecule has 0 unspecified atom stereocenters. The first-order chi connectivity index (χ1) is 9.56. The maximum Gasteiger partial charge on any atom is 0.356 e. The number of hydrogen-bond donors (Lipinski definition) is 0. The first kappa shape index (κ1) is 14.8. The first-order valence-corrected chi connectivity index (χ1v) is 7.03. The number of ether oxygens (including phenoxy) is 2. The number of benzene rings is 1. The molecule has 0 N–H and O–H groups in total. The molecule has 0 saturated heterocycles. The second kappa shape index (κ2) is 6.21. The molecular weight excluding hydrogens is 369 g/mol. The van der Waals surface area contributed by atoms with Crippen LogP contribution in [0, 0.1) is 10.5 Å². The average molecular weight is 383 g/mol. The molecule has 4 nitrogen and oxygen atoms in total. The largest absolute Gasteiger partial charge is 0.496 e. The smallest absolute Gasteiger partial charge is 0.356 e. The second-order valence-corrected chi connectivity index (χ2v) is 5.39. The fourth-order valence-electron chi connectivity index (χ4n) is 1.91. The van der Waals surface area contributed by atoms with Gasteiger partial charge < -0.3 is 9.47 Å². The molecule has 0 aliphatic rings. The number of carbonyl (C=O) groups excluding carboxylic acids is 1. The van der Waals surface area contributed by atoms with Crippen LogP contribution in [0.1, 0.15) is 16.1 Å². The average Bonchev–Trinajstić information content (AvgIpc) is 2.46.